The molecule has 0 amide bonds. The number of hydrogen-bond acceptors (Lipinski definition) is 4. The number of hydrogen-bond donors (Lipinski definition) is 0. The van der Waals surface area contributed by atoms with Crippen molar-refractivity contribution >= 4 is 38.9 Å². The molecule has 2 aromatic rings. The Morgan fingerprint density at radius 2 is 2.26 bits per heavy atom. The van der Waals surface area contributed by atoms with E-state index in [0.717, 1.165) is 10.4 Å². The van der Waals surface area contributed by atoms with Gasteiger partial charge in [0.25, 0.3) is 5.19 Å². The molecular formula is C13H11BrClNO2S. The van der Waals surface area contributed by atoms with Crippen LogP contribution in [0.1, 0.15) is 12.8 Å². The fourth-order valence-corrected chi connectivity index (χ4v) is 2.80. The van der Waals surface area contributed by atoms with E-state index in [-0.39, 0.29) is 0 Å². The maximum atomic E-state index is 6.17. The SMILES string of the molecule is Clc1cc(Oc2ncc(Br)s2)ccc1OCC1CC1. The molecule has 1 aromatic carbocycles. The average Bonchev–Trinajstić information content (AvgIpc) is 3.12. The minimum atomic E-state index is 0.564. The summed E-state index contributed by atoms with van der Waals surface area (Å²) in [6, 6.07) is 5.42. The number of thiazole rings is 1. The summed E-state index contributed by atoms with van der Waals surface area (Å²) in [5.74, 6) is 2.08. The first-order valence-corrected chi connectivity index (χ1v) is 7.91. The lowest BCUT2D eigenvalue weighted by Gasteiger charge is -2.08. The van der Waals surface area contributed by atoms with Crippen LogP contribution >= 0.6 is 38.9 Å². The molecule has 1 aliphatic carbocycles. The molecule has 0 spiro atoms. The van der Waals surface area contributed by atoms with Crippen LogP contribution in [0.5, 0.6) is 16.7 Å². The van der Waals surface area contributed by atoms with Crippen molar-refractivity contribution in [2.24, 2.45) is 5.92 Å². The number of halogens is 2. The second-order valence-corrected chi connectivity index (χ2v) is 7.16. The molecule has 0 bridgehead atoms. The highest BCUT2D eigenvalue weighted by Gasteiger charge is 2.22. The van der Waals surface area contributed by atoms with E-state index >= 15 is 0 Å². The summed E-state index contributed by atoms with van der Waals surface area (Å²) in [6.07, 6.45) is 4.23. The second kappa shape index (κ2) is 5.69. The van der Waals surface area contributed by atoms with Gasteiger partial charge >= 0.3 is 0 Å². The van der Waals surface area contributed by atoms with Crippen LogP contribution in [0.25, 0.3) is 0 Å². The molecule has 3 rings (SSSR count). The Labute approximate surface area is 128 Å². The molecule has 1 fully saturated rings. The Bertz CT molecular complexity index is 586. The minimum absolute atomic E-state index is 0.564. The molecule has 1 saturated carbocycles. The van der Waals surface area contributed by atoms with E-state index in [1.54, 1.807) is 12.3 Å². The Hall–Kier alpha value is -0.780. The number of rotatable bonds is 5. The molecule has 0 unspecified atom stereocenters. The zero-order chi connectivity index (χ0) is 13.2. The topological polar surface area (TPSA) is 31.4 Å². The second-order valence-electron chi connectivity index (χ2n) is 4.38. The standard InChI is InChI=1S/C13H11BrClNO2S/c14-12-6-16-13(19-12)18-9-3-4-11(10(15)5-9)17-7-8-1-2-8/h3-6,8H,1-2,7H2. The molecule has 0 radical (unpaired) electrons. The van der Waals surface area contributed by atoms with Crippen LogP contribution in [0, 0.1) is 5.92 Å². The molecule has 1 heterocycles. The van der Waals surface area contributed by atoms with Crippen molar-refractivity contribution in [3.63, 3.8) is 0 Å². The summed E-state index contributed by atoms with van der Waals surface area (Å²) in [7, 11) is 0. The van der Waals surface area contributed by atoms with Gasteiger partial charge < -0.3 is 9.47 Å². The quantitative estimate of drug-likeness (QED) is 0.740. The van der Waals surface area contributed by atoms with Crippen molar-refractivity contribution in [2.45, 2.75) is 12.8 Å². The van der Waals surface area contributed by atoms with Gasteiger partial charge in [0.05, 0.1) is 21.6 Å². The largest absolute Gasteiger partial charge is 0.492 e. The number of aromatic nitrogens is 1. The average molecular weight is 361 g/mol. The van der Waals surface area contributed by atoms with E-state index in [9.17, 15) is 0 Å². The Morgan fingerprint density at radius 1 is 1.42 bits per heavy atom. The predicted octanol–water partition coefficient (Wildman–Crippen LogP) is 5.14. The Kier molecular flexibility index (Phi) is 3.96. The smallest absolute Gasteiger partial charge is 0.279 e. The van der Waals surface area contributed by atoms with E-state index in [4.69, 9.17) is 21.1 Å². The number of ether oxygens (including phenoxy) is 2. The van der Waals surface area contributed by atoms with Crippen LogP contribution < -0.4 is 9.47 Å². The molecule has 100 valence electrons. The highest BCUT2D eigenvalue weighted by Crippen LogP contribution is 2.35. The van der Waals surface area contributed by atoms with Crippen molar-refractivity contribution in [3.05, 3.63) is 33.2 Å². The van der Waals surface area contributed by atoms with Gasteiger partial charge in [0, 0.05) is 6.07 Å². The van der Waals surface area contributed by atoms with Crippen LogP contribution in [-0.2, 0) is 0 Å². The third kappa shape index (κ3) is 3.61. The molecule has 0 atom stereocenters. The lowest BCUT2D eigenvalue weighted by atomic mass is 10.3. The summed E-state index contributed by atoms with van der Waals surface area (Å²) in [4.78, 5) is 4.11. The highest BCUT2D eigenvalue weighted by atomic mass is 79.9. The lowest BCUT2D eigenvalue weighted by molar-refractivity contribution is 0.299. The first-order valence-electron chi connectivity index (χ1n) is 5.92. The fourth-order valence-electron chi connectivity index (χ4n) is 1.54. The molecule has 0 saturated heterocycles. The van der Waals surface area contributed by atoms with Gasteiger partial charge in [-0.05, 0) is 46.8 Å². The Morgan fingerprint density at radius 3 is 2.89 bits per heavy atom. The first-order chi connectivity index (χ1) is 9.20. The predicted molar refractivity (Wildman–Crippen MR) is 79.6 cm³/mol. The summed E-state index contributed by atoms with van der Waals surface area (Å²) in [6.45, 7) is 0.749. The van der Waals surface area contributed by atoms with E-state index in [0.29, 0.717) is 27.6 Å². The molecule has 19 heavy (non-hydrogen) atoms. The van der Waals surface area contributed by atoms with Crippen LogP contribution in [0.2, 0.25) is 5.02 Å². The molecule has 0 aliphatic heterocycles. The van der Waals surface area contributed by atoms with Crippen LogP contribution in [0.15, 0.2) is 28.2 Å². The number of nitrogens with zero attached hydrogens (tertiary/aromatic N) is 1. The van der Waals surface area contributed by atoms with E-state index in [2.05, 4.69) is 20.9 Å². The normalized spacial score (nSPS) is 14.4. The molecule has 6 heteroatoms. The van der Waals surface area contributed by atoms with Crippen LogP contribution in [0.4, 0.5) is 0 Å². The van der Waals surface area contributed by atoms with Crippen molar-refractivity contribution < 1.29 is 9.47 Å². The Balaban J connectivity index is 1.67. The fraction of sp³-hybridized carbons (Fsp3) is 0.308. The first kappa shape index (κ1) is 13.2. The summed E-state index contributed by atoms with van der Waals surface area (Å²) < 4.78 is 12.2. The maximum absolute atomic E-state index is 6.17. The van der Waals surface area contributed by atoms with Crippen molar-refractivity contribution in [2.75, 3.05) is 6.61 Å². The van der Waals surface area contributed by atoms with E-state index in [1.807, 2.05) is 12.1 Å². The monoisotopic (exact) mass is 359 g/mol. The molecular weight excluding hydrogens is 350 g/mol. The van der Waals surface area contributed by atoms with Crippen molar-refractivity contribution in [1.82, 2.24) is 4.98 Å². The zero-order valence-corrected chi connectivity index (χ0v) is 13.1. The van der Waals surface area contributed by atoms with Gasteiger partial charge in [-0.3, -0.25) is 0 Å². The van der Waals surface area contributed by atoms with Gasteiger partial charge in [-0.15, -0.1) is 0 Å². The van der Waals surface area contributed by atoms with E-state index < -0.39 is 0 Å². The van der Waals surface area contributed by atoms with Crippen LogP contribution in [0.3, 0.4) is 0 Å². The zero-order valence-electron chi connectivity index (χ0n) is 9.94. The third-order valence-electron chi connectivity index (χ3n) is 2.74. The van der Waals surface area contributed by atoms with Gasteiger partial charge in [0.1, 0.15) is 11.5 Å². The van der Waals surface area contributed by atoms with Gasteiger partial charge in [-0.1, -0.05) is 22.9 Å². The van der Waals surface area contributed by atoms with Crippen LogP contribution in [-0.4, -0.2) is 11.6 Å². The molecule has 3 nitrogen and oxygen atoms in total. The summed E-state index contributed by atoms with van der Waals surface area (Å²) in [5, 5.41) is 1.14. The van der Waals surface area contributed by atoms with Crippen molar-refractivity contribution in [3.8, 4) is 16.7 Å². The highest BCUT2D eigenvalue weighted by molar-refractivity contribution is 9.11. The summed E-state index contributed by atoms with van der Waals surface area (Å²) >= 11 is 10.9. The van der Waals surface area contributed by atoms with Gasteiger partial charge in [0.15, 0.2) is 0 Å². The summed E-state index contributed by atoms with van der Waals surface area (Å²) in [5.41, 5.74) is 0. The van der Waals surface area contributed by atoms with Gasteiger partial charge in [-0.25, -0.2) is 4.98 Å². The number of benzene rings is 1. The minimum Gasteiger partial charge on any atom is -0.492 e. The van der Waals surface area contributed by atoms with Crippen molar-refractivity contribution in [1.29, 1.82) is 0 Å². The molecule has 1 aromatic heterocycles. The lowest BCUT2D eigenvalue weighted by Crippen LogP contribution is -1.99. The van der Waals surface area contributed by atoms with E-state index in [1.165, 1.54) is 24.2 Å². The molecule has 1 aliphatic rings. The third-order valence-corrected chi connectivity index (χ3v) is 4.39. The molecule has 0 N–H and O–H groups in total. The van der Waals surface area contributed by atoms with Gasteiger partial charge in [-0.2, -0.15) is 0 Å². The van der Waals surface area contributed by atoms with Gasteiger partial charge in [0.2, 0.25) is 0 Å². The maximum Gasteiger partial charge on any atom is 0.279 e.